The normalized spacial score (nSPS) is 14.2. The van der Waals surface area contributed by atoms with Crippen LogP contribution in [0.1, 0.15) is 41.5 Å². The summed E-state index contributed by atoms with van der Waals surface area (Å²) in [6, 6.07) is 24.0. The fraction of sp³-hybridized carbons (Fsp3) is 0.200. The van der Waals surface area contributed by atoms with Crippen LogP contribution in [0.3, 0.4) is 0 Å². The van der Waals surface area contributed by atoms with Gasteiger partial charge in [-0.25, -0.2) is 0 Å². The first-order chi connectivity index (χ1) is 14.8. The van der Waals surface area contributed by atoms with E-state index in [2.05, 4.69) is 45.8 Å². The Kier molecular flexibility index (Phi) is 5.24. The summed E-state index contributed by atoms with van der Waals surface area (Å²) in [6.45, 7) is 0. The van der Waals surface area contributed by atoms with Gasteiger partial charge in [0.15, 0.2) is 0 Å². The largest absolute Gasteiger partial charge is 0.418 e. The molecule has 0 unspecified atom stereocenters. The molecule has 1 atom stereocenters. The summed E-state index contributed by atoms with van der Waals surface area (Å²) >= 11 is 6.33. The lowest BCUT2D eigenvalue weighted by Crippen LogP contribution is -2.16. The summed E-state index contributed by atoms with van der Waals surface area (Å²) in [6.07, 6.45) is 4.70. The third-order valence-corrected chi connectivity index (χ3v) is 5.95. The molecular formula is C25H22ClN3O. The maximum absolute atomic E-state index is 6.33. The molecule has 1 heterocycles. The summed E-state index contributed by atoms with van der Waals surface area (Å²) in [5.41, 5.74) is 5.77. The van der Waals surface area contributed by atoms with Crippen molar-refractivity contribution in [2.24, 2.45) is 0 Å². The summed E-state index contributed by atoms with van der Waals surface area (Å²) < 4.78 is 6.11. The molecule has 5 rings (SSSR count). The number of benzene rings is 3. The Morgan fingerprint density at radius 2 is 1.63 bits per heavy atom. The van der Waals surface area contributed by atoms with Crippen molar-refractivity contribution < 1.29 is 4.42 Å². The first-order valence-corrected chi connectivity index (χ1v) is 10.7. The molecule has 0 amide bonds. The number of hydrogen-bond donors (Lipinski definition) is 1. The maximum Gasteiger partial charge on any atom is 0.249 e. The molecule has 0 saturated carbocycles. The van der Waals surface area contributed by atoms with E-state index in [0.717, 1.165) is 29.7 Å². The third kappa shape index (κ3) is 3.71. The molecule has 0 aliphatic heterocycles. The molecule has 0 bridgehead atoms. The number of anilines is 1. The van der Waals surface area contributed by atoms with Crippen molar-refractivity contribution in [3.05, 3.63) is 100 Å². The van der Waals surface area contributed by atoms with Gasteiger partial charge < -0.3 is 9.73 Å². The highest BCUT2D eigenvalue weighted by molar-refractivity contribution is 6.33. The second kappa shape index (κ2) is 8.33. The lowest BCUT2D eigenvalue weighted by Gasteiger charge is -2.23. The minimum absolute atomic E-state index is 0.247. The van der Waals surface area contributed by atoms with Crippen molar-refractivity contribution in [3.8, 4) is 11.5 Å². The van der Waals surface area contributed by atoms with Gasteiger partial charge in [-0.3, -0.25) is 0 Å². The van der Waals surface area contributed by atoms with E-state index in [1.807, 2.05) is 42.5 Å². The van der Waals surface area contributed by atoms with E-state index in [1.54, 1.807) is 0 Å². The van der Waals surface area contributed by atoms with E-state index in [0.29, 0.717) is 16.8 Å². The monoisotopic (exact) mass is 415 g/mol. The van der Waals surface area contributed by atoms with Crippen LogP contribution >= 0.6 is 11.6 Å². The molecule has 3 aromatic carbocycles. The molecule has 4 nitrogen and oxygen atoms in total. The van der Waals surface area contributed by atoms with Crippen molar-refractivity contribution in [3.63, 3.8) is 0 Å². The topological polar surface area (TPSA) is 51.0 Å². The van der Waals surface area contributed by atoms with Crippen molar-refractivity contribution >= 4 is 17.3 Å². The van der Waals surface area contributed by atoms with Crippen LogP contribution < -0.4 is 5.32 Å². The van der Waals surface area contributed by atoms with Crippen LogP contribution in [0.15, 0.2) is 77.2 Å². The molecule has 1 N–H and O–H groups in total. The van der Waals surface area contributed by atoms with Gasteiger partial charge in [0.05, 0.1) is 10.6 Å². The zero-order valence-corrected chi connectivity index (χ0v) is 17.3. The molecule has 5 heteroatoms. The minimum atomic E-state index is -0.247. The van der Waals surface area contributed by atoms with Gasteiger partial charge >= 0.3 is 0 Å². The smallest absolute Gasteiger partial charge is 0.249 e. The highest BCUT2D eigenvalue weighted by Crippen LogP contribution is 2.34. The Labute approximate surface area is 180 Å². The van der Waals surface area contributed by atoms with Gasteiger partial charge in [0.1, 0.15) is 6.04 Å². The lowest BCUT2D eigenvalue weighted by molar-refractivity contribution is 0.494. The number of aromatic nitrogens is 2. The molecular weight excluding hydrogens is 394 g/mol. The number of nitrogens with zero attached hydrogens (tertiary/aromatic N) is 2. The SMILES string of the molecule is Clc1ccccc1-c1nnc([C@@H](Nc2cccc3c2CCCC3)c2ccccc2)o1. The van der Waals surface area contributed by atoms with Crippen LogP contribution in [0.4, 0.5) is 5.69 Å². The van der Waals surface area contributed by atoms with Crippen LogP contribution in [-0.2, 0) is 12.8 Å². The minimum Gasteiger partial charge on any atom is -0.418 e. The van der Waals surface area contributed by atoms with E-state index in [4.69, 9.17) is 16.0 Å². The third-order valence-electron chi connectivity index (χ3n) is 5.62. The van der Waals surface area contributed by atoms with E-state index >= 15 is 0 Å². The molecule has 0 spiro atoms. The van der Waals surface area contributed by atoms with Crippen molar-refractivity contribution in [2.75, 3.05) is 5.32 Å². The van der Waals surface area contributed by atoms with Crippen LogP contribution in [0, 0.1) is 0 Å². The second-order valence-corrected chi connectivity index (χ2v) is 7.97. The molecule has 150 valence electrons. The summed E-state index contributed by atoms with van der Waals surface area (Å²) in [7, 11) is 0. The van der Waals surface area contributed by atoms with Gasteiger partial charge in [-0.05, 0) is 60.6 Å². The summed E-state index contributed by atoms with van der Waals surface area (Å²) in [5, 5.41) is 12.9. The Morgan fingerprint density at radius 3 is 2.50 bits per heavy atom. The first-order valence-electron chi connectivity index (χ1n) is 10.3. The van der Waals surface area contributed by atoms with Crippen molar-refractivity contribution in [1.82, 2.24) is 10.2 Å². The van der Waals surface area contributed by atoms with Crippen LogP contribution in [0.5, 0.6) is 0 Å². The molecule has 0 saturated heterocycles. The van der Waals surface area contributed by atoms with Gasteiger partial charge in [0.2, 0.25) is 11.8 Å². The van der Waals surface area contributed by atoms with Crippen LogP contribution in [0.2, 0.25) is 5.02 Å². The highest BCUT2D eigenvalue weighted by Gasteiger charge is 2.24. The standard InChI is InChI=1S/C25H22ClN3O/c26-21-15-7-6-14-20(21)24-28-29-25(30-24)23(18-10-2-1-3-11-18)27-22-16-8-12-17-9-4-5-13-19(17)22/h1-3,6-8,10-12,14-16,23,27H,4-5,9,13H2/t23-/m0/s1. The number of rotatable bonds is 5. The van der Waals surface area contributed by atoms with Gasteiger partial charge in [0.25, 0.3) is 0 Å². The predicted molar refractivity (Wildman–Crippen MR) is 120 cm³/mol. The average molecular weight is 416 g/mol. The van der Waals surface area contributed by atoms with Crippen molar-refractivity contribution in [1.29, 1.82) is 0 Å². The van der Waals surface area contributed by atoms with Crippen molar-refractivity contribution in [2.45, 2.75) is 31.7 Å². The first kappa shape index (κ1) is 18.9. The number of fused-ring (bicyclic) bond motifs is 1. The molecule has 1 aromatic heterocycles. The van der Waals surface area contributed by atoms with E-state index < -0.39 is 0 Å². The maximum atomic E-state index is 6.33. The van der Waals surface area contributed by atoms with Crippen LogP contribution in [-0.4, -0.2) is 10.2 Å². The molecule has 4 aromatic rings. The Balaban J connectivity index is 1.54. The zero-order chi connectivity index (χ0) is 20.3. The lowest BCUT2D eigenvalue weighted by atomic mass is 9.90. The molecule has 1 aliphatic rings. The number of hydrogen-bond acceptors (Lipinski definition) is 4. The fourth-order valence-electron chi connectivity index (χ4n) is 4.10. The van der Waals surface area contributed by atoms with Gasteiger partial charge in [-0.1, -0.05) is 66.2 Å². The molecule has 1 aliphatic carbocycles. The Bertz CT molecular complexity index is 1160. The van der Waals surface area contributed by atoms with Gasteiger partial charge in [-0.15, -0.1) is 10.2 Å². The van der Waals surface area contributed by atoms with E-state index in [-0.39, 0.29) is 6.04 Å². The number of halogens is 1. The van der Waals surface area contributed by atoms with E-state index in [1.165, 1.54) is 24.0 Å². The molecule has 0 radical (unpaired) electrons. The quantitative estimate of drug-likeness (QED) is 0.405. The predicted octanol–water partition coefficient (Wildman–Crippen LogP) is 6.47. The Hall–Kier alpha value is -3.11. The molecule has 0 fully saturated rings. The highest BCUT2D eigenvalue weighted by atomic mass is 35.5. The zero-order valence-electron chi connectivity index (χ0n) is 16.5. The number of nitrogens with one attached hydrogen (secondary N) is 1. The van der Waals surface area contributed by atoms with Gasteiger partial charge in [0, 0.05) is 5.69 Å². The van der Waals surface area contributed by atoms with Gasteiger partial charge in [-0.2, -0.15) is 0 Å². The second-order valence-electron chi connectivity index (χ2n) is 7.56. The molecule has 30 heavy (non-hydrogen) atoms. The number of aryl methyl sites for hydroxylation is 1. The van der Waals surface area contributed by atoms with E-state index in [9.17, 15) is 0 Å². The average Bonchev–Trinajstić information content (AvgIpc) is 3.28. The van der Waals surface area contributed by atoms with Crippen LogP contribution in [0.25, 0.3) is 11.5 Å². The summed E-state index contributed by atoms with van der Waals surface area (Å²) in [4.78, 5) is 0. The summed E-state index contributed by atoms with van der Waals surface area (Å²) in [5.74, 6) is 0.943. The fourth-order valence-corrected chi connectivity index (χ4v) is 4.32. The Morgan fingerprint density at radius 1 is 0.833 bits per heavy atom.